The molecule has 0 spiro atoms. The quantitative estimate of drug-likeness (QED) is 0.470. The van der Waals surface area contributed by atoms with E-state index in [2.05, 4.69) is 32.6 Å². The lowest BCUT2D eigenvalue weighted by atomic mass is 9.95. The van der Waals surface area contributed by atoms with Crippen LogP contribution in [0.25, 0.3) is 0 Å². The van der Waals surface area contributed by atoms with Gasteiger partial charge < -0.3 is 25.5 Å². The maximum atomic E-state index is 12.7. The van der Waals surface area contributed by atoms with Gasteiger partial charge in [0.05, 0.1) is 0 Å². The summed E-state index contributed by atoms with van der Waals surface area (Å²) in [4.78, 5) is 34.3. The lowest BCUT2D eigenvalue weighted by molar-refractivity contribution is -0.143. The summed E-state index contributed by atoms with van der Waals surface area (Å²) in [5, 5.41) is 16.0. The zero-order chi connectivity index (χ0) is 24.2. The van der Waals surface area contributed by atoms with E-state index in [0.29, 0.717) is 12.3 Å². The smallest absolute Gasteiger partial charge is 0.326 e. The number of rotatable bonds is 10. The van der Waals surface area contributed by atoms with Gasteiger partial charge in [-0.05, 0) is 101 Å². The predicted octanol–water partition coefficient (Wildman–Crippen LogP) is 2.53. The Morgan fingerprint density at radius 1 is 1.14 bits per heavy atom. The molecule has 1 unspecified atom stereocenters. The van der Waals surface area contributed by atoms with Crippen molar-refractivity contribution in [3.63, 3.8) is 0 Å². The summed E-state index contributed by atoms with van der Waals surface area (Å²) in [7, 11) is 0. The number of likely N-dealkylation sites (tertiary alicyclic amines) is 2. The van der Waals surface area contributed by atoms with Gasteiger partial charge in [-0.1, -0.05) is 6.07 Å². The van der Waals surface area contributed by atoms with E-state index in [1.165, 1.54) is 24.8 Å². The van der Waals surface area contributed by atoms with E-state index in [1.807, 2.05) is 0 Å². The molecule has 8 heteroatoms. The maximum Gasteiger partial charge on any atom is 0.326 e. The molecule has 2 atom stereocenters. The lowest BCUT2D eigenvalue weighted by Crippen LogP contribution is -2.47. The Bertz CT molecular complexity index is 897. The molecule has 0 radical (unpaired) electrons. The molecule has 3 N–H and O–H groups in total. The molecule has 8 nitrogen and oxygen atoms in total. The van der Waals surface area contributed by atoms with Gasteiger partial charge in [0.15, 0.2) is 0 Å². The van der Waals surface area contributed by atoms with Crippen LogP contribution in [0.4, 0.5) is 5.82 Å². The third-order valence-electron chi connectivity index (χ3n) is 8.44. The van der Waals surface area contributed by atoms with Gasteiger partial charge in [0.1, 0.15) is 11.9 Å². The number of aryl methyl sites for hydroxylation is 2. The number of pyridine rings is 1. The Kier molecular flexibility index (Phi) is 7.88. The molecule has 1 aromatic rings. The summed E-state index contributed by atoms with van der Waals surface area (Å²) in [6, 6.07) is 4.34. The summed E-state index contributed by atoms with van der Waals surface area (Å²) in [6.45, 7) is 5.67. The average molecular weight is 484 g/mol. The van der Waals surface area contributed by atoms with Crippen LogP contribution < -0.4 is 10.6 Å². The number of anilines is 1. The Balaban J connectivity index is 1.02. The van der Waals surface area contributed by atoms with Crippen LogP contribution in [0.2, 0.25) is 0 Å². The Morgan fingerprint density at radius 2 is 1.97 bits per heavy atom. The summed E-state index contributed by atoms with van der Waals surface area (Å²) in [5.41, 5.74) is 2.49. The van der Waals surface area contributed by atoms with Crippen LogP contribution in [0.3, 0.4) is 0 Å². The van der Waals surface area contributed by atoms with Gasteiger partial charge in [-0.25, -0.2) is 9.78 Å². The zero-order valence-electron chi connectivity index (χ0n) is 20.9. The largest absolute Gasteiger partial charge is 0.480 e. The standard InChI is InChI=1S/C27H41N5O3/c33-26(21-10-16-32(17-11-21)23-7-8-23)30-24(27(34)35)12-15-31-14-9-19(18-31)3-5-22-6-4-20-2-1-13-28-25(20)29-22/h4,6,19,21,23-24H,1-3,5,7-18H2,(H,28,29)(H,30,33)(H,34,35)/t19-,24?/m1/s1. The number of carbonyl (C=O) groups is 2. The molecule has 192 valence electrons. The van der Waals surface area contributed by atoms with Crippen molar-refractivity contribution in [1.29, 1.82) is 0 Å². The summed E-state index contributed by atoms with van der Waals surface area (Å²) < 4.78 is 0. The van der Waals surface area contributed by atoms with Crippen molar-refractivity contribution < 1.29 is 14.7 Å². The molecule has 4 aliphatic rings. The second-order valence-corrected chi connectivity index (χ2v) is 11.1. The number of nitrogens with zero attached hydrogens (tertiary/aromatic N) is 3. The number of piperidine rings is 1. The van der Waals surface area contributed by atoms with Crippen LogP contribution in [-0.2, 0) is 22.4 Å². The van der Waals surface area contributed by atoms with Crippen molar-refractivity contribution in [3.05, 3.63) is 23.4 Å². The second-order valence-electron chi connectivity index (χ2n) is 11.1. The first-order chi connectivity index (χ1) is 17.0. The molecule has 0 bridgehead atoms. The predicted molar refractivity (Wildman–Crippen MR) is 135 cm³/mol. The molecule has 35 heavy (non-hydrogen) atoms. The fourth-order valence-corrected chi connectivity index (χ4v) is 6.04. The topological polar surface area (TPSA) is 97.8 Å². The van der Waals surface area contributed by atoms with Gasteiger partial charge in [0.25, 0.3) is 0 Å². The number of amides is 1. The fraction of sp³-hybridized carbons (Fsp3) is 0.741. The van der Waals surface area contributed by atoms with Crippen molar-refractivity contribution >= 4 is 17.7 Å². The van der Waals surface area contributed by atoms with Crippen molar-refractivity contribution in [1.82, 2.24) is 20.1 Å². The maximum absolute atomic E-state index is 12.7. The van der Waals surface area contributed by atoms with Crippen LogP contribution >= 0.6 is 0 Å². The van der Waals surface area contributed by atoms with E-state index >= 15 is 0 Å². The van der Waals surface area contributed by atoms with E-state index in [-0.39, 0.29) is 11.8 Å². The molecule has 1 saturated carbocycles. The van der Waals surface area contributed by atoms with Gasteiger partial charge in [-0.3, -0.25) is 4.79 Å². The van der Waals surface area contributed by atoms with Gasteiger partial charge in [-0.15, -0.1) is 0 Å². The Labute approximate surface area is 208 Å². The number of aliphatic carboxylic acids is 1. The van der Waals surface area contributed by atoms with Crippen molar-refractivity contribution in [2.24, 2.45) is 11.8 Å². The van der Waals surface area contributed by atoms with Crippen LogP contribution in [-0.4, -0.2) is 83.1 Å². The molecule has 0 aromatic carbocycles. The van der Waals surface area contributed by atoms with Crippen molar-refractivity contribution in [2.45, 2.75) is 76.3 Å². The van der Waals surface area contributed by atoms with Gasteiger partial charge in [-0.2, -0.15) is 0 Å². The fourth-order valence-electron chi connectivity index (χ4n) is 6.04. The van der Waals surface area contributed by atoms with E-state index in [4.69, 9.17) is 4.98 Å². The third-order valence-corrected chi connectivity index (χ3v) is 8.44. The molecule has 2 saturated heterocycles. The third kappa shape index (κ3) is 6.53. The molecule has 3 aliphatic heterocycles. The molecular weight excluding hydrogens is 442 g/mol. The summed E-state index contributed by atoms with van der Waals surface area (Å²) >= 11 is 0. The monoisotopic (exact) mass is 483 g/mol. The molecular formula is C27H41N5O3. The number of hydrogen-bond donors (Lipinski definition) is 3. The number of nitrogens with one attached hydrogen (secondary N) is 2. The van der Waals surface area contributed by atoms with E-state index < -0.39 is 12.0 Å². The minimum atomic E-state index is -0.920. The normalized spacial score (nSPS) is 24.5. The Hall–Kier alpha value is -2.19. The van der Waals surface area contributed by atoms with Crippen LogP contribution in [0.15, 0.2) is 12.1 Å². The van der Waals surface area contributed by atoms with Crippen molar-refractivity contribution in [2.75, 3.05) is 44.6 Å². The number of carboxylic acid groups (broad SMARTS) is 1. The van der Waals surface area contributed by atoms with E-state index in [9.17, 15) is 14.7 Å². The van der Waals surface area contributed by atoms with Crippen LogP contribution in [0.1, 0.15) is 62.6 Å². The van der Waals surface area contributed by atoms with E-state index in [0.717, 1.165) is 95.3 Å². The molecule has 3 fully saturated rings. The number of aromatic nitrogens is 1. The lowest BCUT2D eigenvalue weighted by Gasteiger charge is -2.32. The molecule has 1 amide bonds. The highest BCUT2D eigenvalue weighted by molar-refractivity contribution is 5.85. The molecule has 4 heterocycles. The van der Waals surface area contributed by atoms with Crippen molar-refractivity contribution in [3.8, 4) is 0 Å². The second kappa shape index (κ2) is 11.2. The summed E-state index contributed by atoms with van der Waals surface area (Å²) in [6.07, 6.45) is 10.3. The first kappa shape index (κ1) is 24.5. The molecule has 1 aromatic heterocycles. The highest BCUT2D eigenvalue weighted by atomic mass is 16.4. The first-order valence-corrected chi connectivity index (χ1v) is 13.8. The van der Waals surface area contributed by atoms with Gasteiger partial charge >= 0.3 is 5.97 Å². The highest BCUT2D eigenvalue weighted by Gasteiger charge is 2.35. The molecule has 5 rings (SSSR count). The number of hydrogen-bond acceptors (Lipinski definition) is 6. The average Bonchev–Trinajstić information content (AvgIpc) is 3.63. The first-order valence-electron chi connectivity index (χ1n) is 13.8. The van der Waals surface area contributed by atoms with Crippen LogP contribution in [0.5, 0.6) is 0 Å². The SMILES string of the molecule is O=C(NC(CCN1CC[C@@H](CCc2ccc3c(n2)NCCC3)C1)C(=O)O)C1CCN(C2CC2)CC1. The minimum Gasteiger partial charge on any atom is -0.480 e. The number of carbonyl (C=O) groups excluding carboxylic acids is 1. The van der Waals surface area contributed by atoms with Gasteiger partial charge in [0, 0.05) is 37.3 Å². The zero-order valence-corrected chi connectivity index (χ0v) is 20.9. The van der Waals surface area contributed by atoms with Gasteiger partial charge in [0.2, 0.25) is 5.91 Å². The number of carboxylic acids is 1. The number of fused-ring (bicyclic) bond motifs is 1. The highest BCUT2D eigenvalue weighted by Crippen LogP contribution is 2.31. The molecule has 1 aliphatic carbocycles. The summed E-state index contributed by atoms with van der Waals surface area (Å²) in [5.74, 6) is 0.651. The minimum absolute atomic E-state index is 0.0459. The van der Waals surface area contributed by atoms with Crippen LogP contribution in [0, 0.1) is 11.8 Å². The van der Waals surface area contributed by atoms with E-state index in [1.54, 1.807) is 0 Å². The Morgan fingerprint density at radius 3 is 2.74 bits per heavy atom.